The molecule has 0 aromatic heterocycles. The van der Waals surface area contributed by atoms with Gasteiger partial charge < -0.3 is 0 Å². The van der Waals surface area contributed by atoms with Crippen LogP contribution in [0, 0.1) is 0 Å². The van der Waals surface area contributed by atoms with E-state index >= 15 is 0 Å². The van der Waals surface area contributed by atoms with Gasteiger partial charge in [0.05, 0.1) is 0 Å². The van der Waals surface area contributed by atoms with Crippen molar-refractivity contribution in [1.29, 1.82) is 0 Å². The van der Waals surface area contributed by atoms with Gasteiger partial charge in [0.1, 0.15) is 0 Å². The van der Waals surface area contributed by atoms with Crippen molar-refractivity contribution >= 4 is 12.8 Å². The summed E-state index contributed by atoms with van der Waals surface area (Å²) in [4.78, 5) is 13.3. The zero-order valence-corrected chi connectivity index (χ0v) is 23.7. The second-order valence-electron chi connectivity index (χ2n) is 10.2. The van der Waals surface area contributed by atoms with E-state index in [4.69, 9.17) is 4.52 Å². The van der Waals surface area contributed by atoms with E-state index in [1.54, 1.807) is 6.92 Å². The fourth-order valence-corrected chi connectivity index (χ4v) is 14.8. The van der Waals surface area contributed by atoms with Crippen molar-refractivity contribution in [3.63, 3.8) is 0 Å². The number of rotatable bonds is 14. The fourth-order valence-electron chi connectivity index (χ4n) is 6.47. The van der Waals surface area contributed by atoms with Gasteiger partial charge in [-0.3, -0.25) is 0 Å². The van der Waals surface area contributed by atoms with E-state index in [1.807, 2.05) is 0 Å². The third-order valence-corrected chi connectivity index (χ3v) is 15.2. The van der Waals surface area contributed by atoms with Crippen LogP contribution in [-0.4, -0.2) is 24.5 Å². The molecular weight excluding hydrogens is 459 g/mol. The molecule has 36 heavy (non-hydrogen) atoms. The Morgan fingerprint density at radius 1 is 0.611 bits per heavy atom. The van der Waals surface area contributed by atoms with Crippen molar-refractivity contribution in [2.45, 2.75) is 71.4 Å². The fraction of sp³-hybridized carbons (Fsp3) is 0.424. The molecule has 2 nitrogen and oxygen atoms in total. The van der Waals surface area contributed by atoms with E-state index in [0.29, 0.717) is 0 Å². The van der Waals surface area contributed by atoms with Crippen LogP contribution in [0.15, 0.2) is 91.0 Å². The predicted octanol–water partition coefficient (Wildman–Crippen LogP) is 9.41. The molecule has 3 heteroatoms. The van der Waals surface area contributed by atoms with Crippen LogP contribution >= 0.6 is 6.83 Å². The molecule has 0 spiro atoms. The molecular formula is C33H45O2P. The first-order chi connectivity index (χ1) is 17.5. The molecule has 0 atom stereocenters. The molecule has 0 fully saturated rings. The molecule has 0 saturated heterocycles. The van der Waals surface area contributed by atoms with E-state index in [2.05, 4.69) is 112 Å². The van der Waals surface area contributed by atoms with Crippen LogP contribution in [0.25, 0.3) is 0 Å². The van der Waals surface area contributed by atoms with Crippen molar-refractivity contribution in [3.05, 3.63) is 108 Å². The predicted molar refractivity (Wildman–Crippen MR) is 157 cm³/mol. The number of benzene rings is 3. The Hall–Kier alpha value is -2.44. The van der Waals surface area contributed by atoms with Gasteiger partial charge >= 0.3 is 220 Å². The SMILES string of the molecule is CCCCP(CCCC)(CCCC)(OC(C)=O)C(c1ccccc1)(c1ccccc1)c1ccccc1. The maximum atomic E-state index is 13.3. The zero-order chi connectivity index (χ0) is 25.9. The molecule has 3 aromatic rings. The van der Waals surface area contributed by atoms with Crippen LogP contribution in [0.3, 0.4) is 0 Å². The van der Waals surface area contributed by atoms with Crippen molar-refractivity contribution in [1.82, 2.24) is 0 Å². The summed E-state index contributed by atoms with van der Waals surface area (Å²) in [7, 11) is 0. The van der Waals surface area contributed by atoms with Crippen LogP contribution in [0.5, 0.6) is 0 Å². The number of carbonyl (C=O) groups is 1. The Morgan fingerprint density at radius 2 is 0.917 bits per heavy atom. The van der Waals surface area contributed by atoms with Gasteiger partial charge in [0, 0.05) is 0 Å². The van der Waals surface area contributed by atoms with Crippen LogP contribution < -0.4 is 0 Å². The molecule has 0 bridgehead atoms. The Balaban J connectivity index is 2.64. The normalized spacial score (nSPS) is 13.1. The van der Waals surface area contributed by atoms with E-state index in [1.165, 1.54) is 16.7 Å². The molecule has 194 valence electrons. The standard InChI is InChI=1S/C33H45O2P/c1-5-8-26-36(27-9-6-2,28-10-7-3,35-29(4)34)33(30-20-14-11-15-21-30,31-22-16-12-17-23-31)32-24-18-13-19-25-32/h11-25H,5-10,26-28H2,1-4H3. The van der Waals surface area contributed by atoms with Gasteiger partial charge in [-0.25, -0.2) is 0 Å². The van der Waals surface area contributed by atoms with Crippen molar-refractivity contribution in [2.24, 2.45) is 0 Å². The van der Waals surface area contributed by atoms with Gasteiger partial charge in [0.15, 0.2) is 0 Å². The molecule has 0 unspecified atom stereocenters. The summed E-state index contributed by atoms with van der Waals surface area (Å²) >= 11 is 0. The van der Waals surface area contributed by atoms with Crippen LogP contribution in [0.1, 0.15) is 82.9 Å². The molecule has 0 N–H and O–H groups in total. The second-order valence-corrected chi connectivity index (χ2v) is 15.7. The maximum absolute atomic E-state index is 13.3. The molecule has 0 aliphatic rings. The van der Waals surface area contributed by atoms with Crippen molar-refractivity contribution < 1.29 is 9.32 Å². The monoisotopic (exact) mass is 504 g/mol. The quantitative estimate of drug-likeness (QED) is 0.161. The number of carbonyl (C=O) groups excluding carboxylic acids is 1. The molecule has 0 radical (unpaired) electrons. The van der Waals surface area contributed by atoms with Gasteiger partial charge in [-0.15, -0.1) is 0 Å². The molecule has 0 aliphatic carbocycles. The van der Waals surface area contributed by atoms with Crippen LogP contribution in [0.4, 0.5) is 0 Å². The average Bonchev–Trinajstić information content (AvgIpc) is 2.92. The van der Waals surface area contributed by atoms with Gasteiger partial charge in [0.2, 0.25) is 0 Å². The Morgan fingerprint density at radius 3 is 1.17 bits per heavy atom. The van der Waals surface area contributed by atoms with Gasteiger partial charge in [-0.1, -0.05) is 0 Å². The summed E-state index contributed by atoms with van der Waals surface area (Å²) in [5.74, 6) is -0.136. The molecule has 0 heterocycles. The summed E-state index contributed by atoms with van der Waals surface area (Å²) in [5, 5.41) is -0.541. The number of unbranched alkanes of at least 4 members (excludes halogenated alkanes) is 3. The second kappa shape index (κ2) is 12.7. The van der Waals surface area contributed by atoms with E-state index in [-0.39, 0.29) is 5.97 Å². The topological polar surface area (TPSA) is 26.3 Å². The first-order valence-corrected chi connectivity index (χ1v) is 16.6. The third kappa shape index (κ3) is 5.16. The van der Waals surface area contributed by atoms with Gasteiger partial charge in [0.25, 0.3) is 0 Å². The van der Waals surface area contributed by atoms with Crippen molar-refractivity contribution in [3.8, 4) is 0 Å². The summed E-state index contributed by atoms with van der Waals surface area (Å²) in [6, 6.07) is 32.8. The molecule has 3 aromatic carbocycles. The Labute approximate surface area is 219 Å². The first kappa shape index (κ1) is 28.1. The molecule has 0 aliphatic heterocycles. The van der Waals surface area contributed by atoms with Gasteiger partial charge in [-0.2, -0.15) is 0 Å². The van der Waals surface area contributed by atoms with E-state index in [9.17, 15) is 4.79 Å². The minimum absolute atomic E-state index is 0.136. The third-order valence-electron chi connectivity index (χ3n) is 7.88. The summed E-state index contributed by atoms with van der Waals surface area (Å²) < 4.78 is 7.15. The molecule has 0 amide bonds. The molecule has 0 saturated carbocycles. The molecule has 3 rings (SSSR count). The summed E-state index contributed by atoms with van der Waals surface area (Å²) in [6.07, 6.45) is 9.21. The van der Waals surface area contributed by atoms with Gasteiger partial charge in [-0.05, 0) is 0 Å². The summed E-state index contributed by atoms with van der Waals surface area (Å²) in [5.41, 5.74) is 3.72. The van der Waals surface area contributed by atoms with E-state index in [0.717, 1.165) is 57.0 Å². The van der Waals surface area contributed by atoms with Crippen LogP contribution in [-0.2, 0) is 14.5 Å². The number of hydrogen-bond acceptors (Lipinski definition) is 2. The average molecular weight is 505 g/mol. The minimum atomic E-state index is -3.35. The van der Waals surface area contributed by atoms with E-state index < -0.39 is 12.0 Å². The Kier molecular flexibility index (Phi) is 9.92. The van der Waals surface area contributed by atoms with Crippen molar-refractivity contribution in [2.75, 3.05) is 18.5 Å². The number of hydrogen-bond donors (Lipinski definition) is 0. The summed E-state index contributed by atoms with van der Waals surface area (Å²) in [6.45, 7) is 5.06. The zero-order valence-electron chi connectivity index (χ0n) is 22.8. The first-order valence-electron chi connectivity index (χ1n) is 13.9. The Bertz CT molecular complexity index is 941. The van der Waals surface area contributed by atoms with Crippen LogP contribution in [0.2, 0.25) is 0 Å².